The topological polar surface area (TPSA) is 61.4 Å². The summed E-state index contributed by atoms with van der Waals surface area (Å²) in [4.78, 5) is 26.8. The number of hydrogen-bond donors (Lipinski definition) is 2. The van der Waals surface area contributed by atoms with Crippen LogP contribution >= 0.6 is 23.2 Å². The molecule has 2 aromatic carbocycles. The number of rotatable bonds is 8. The van der Waals surface area contributed by atoms with Crippen molar-refractivity contribution in [3.05, 3.63) is 64.1 Å². The van der Waals surface area contributed by atoms with E-state index < -0.39 is 0 Å². The molecule has 0 spiro atoms. The van der Waals surface area contributed by atoms with Gasteiger partial charge < -0.3 is 10.6 Å². The number of amides is 2. The molecule has 1 aliphatic heterocycles. The van der Waals surface area contributed by atoms with Crippen LogP contribution < -0.4 is 10.6 Å². The number of halogens is 2. The van der Waals surface area contributed by atoms with Gasteiger partial charge in [-0.1, -0.05) is 53.5 Å². The van der Waals surface area contributed by atoms with Gasteiger partial charge in [-0.25, -0.2) is 0 Å². The lowest BCUT2D eigenvalue weighted by molar-refractivity contribution is -0.126. The molecule has 1 fully saturated rings. The maximum Gasteiger partial charge on any atom is 0.238 e. The van der Waals surface area contributed by atoms with E-state index in [1.807, 2.05) is 18.2 Å². The molecule has 160 valence electrons. The number of carbonyl (C=O) groups excluding carboxylic acids is 2. The lowest BCUT2D eigenvalue weighted by Gasteiger charge is -2.30. The van der Waals surface area contributed by atoms with Crippen LogP contribution in [-0.4, -0.2) is 42.9 Å². The molecule has 0 atom stereocenters. The van der Waals surface area contributed by atoms with Crippen LogP contribution in [0.2, 0.25) is 10.0 Å². The Morgan fingerprint density at radius 2 is 1.73 bits per heavy atom. The fourth-order valence-corrected chi connectivity index (χ4v) is 3.92. The van der Waals surface area contributed by atoms with Crippen LogP contribution in [0.5, 0.6) is 0 Å². The minimum absolute atomic E-state index is 0.0242. The van der Waals surface area contributed by atoms with Crippen LogP contribution in [-0.2, 0) is 16.0 Å². The highest BCUT2D eigenvalue weighted by molar-refractivity contribution is 6.42. The molecule has 0 radical (unpaired) electrons. The molecule has 2 amide bonds. The third-order valence-electron chi connectivity index (χ3n) is 5.31. The van der Waals surface area contributed by atoms with Crippen molar-refractivity contribution in [2.24, 2.45) is 5.92 Å². The Bertz CT molecular complexity index is 853. The van der Waals surface area contributed by atoms with Gasteiger partial charge in [0.1, 0.15) is 0 Å². The van der Waals surface area contributed by atoms with Crippen LogP contribution in [0.4, 0.5) is 5.69 Å². The Hall–Kier alpha value is -2.08. The summed E-state index contributed by atoms with van der Waals surface area (Å²) in [6, 6.07) is 15.3. The summed E-state index contributed by atoms with van der Waals surface area (Å²) < 4.78 is 0. The van der Waals surface area contributed by atoms with Crippen LogP contribution in [0.25, 0.3) is 0 Å². The van der Waals surface area contributed by atoms with E-state index in [0.29, 0.717) is 28.8 Å². The third kappa shape index (κ3) is 7.01. The van der Waals surface area contributed by atoms with Crippen molar-refractivity contribution in [1.82, 2.24) is 10.2 Å². The van der Waals surface area contributed by atoms with E-state index in [-0.39, 0.29) is 17.7 Å². The molecule has 1 saturated heterocycles. The van der Waals surface area contributed by atoms with E-state index in [1.54, 1.807) is 18.2 Å². The van der Waals surface area contributed by atoms with Gasteiger partial charge in [0.15, 0.2) is 0 Å². The van der Waals surface area contributed by atoms with Gasteiger partial charge in [-0.3, -0.25) is 14.5 Å². The molecule has 2 aromatic rings. The van der Waals surface area contributed by atoms with Gasteiger partial charge >= 0.3 is 0 Å². The summed E-state index contributed by atoms with van der Waals surface area (Å²) in [6.45, 7) is 2.46. The number of anilines is 1. The smallest absolute Gasteiger partial charge is 0.238 e. The van der Waals surface area contributed by atoms with Gasteiger partial charge in [0.25, 0.3) is 0 Å². The molecular weight excluding hydrogens is 421 g/mol. The minimum atomic E-state index is -0.0998. The normalized spacial score (nSPS) is 15.0. The first kappa shape index (κ1) is 22.6. The van der Waals surface area contributed by atoms with Gasteiger partial charge in [-0.15, -0.1) is 0 Å². The largest absolute Gasteiger partial charge is 0.356 e. The number of piperidine rings is 1. The maximum atomic E-state index is 12.4. The molecule has 5 nitrogen and oxygen atoms in total. The zero-order chi connectivity index (χ0) is 21.3. The summed E-state index contributed by atoms with van der Waals surface area (Å²) in [5, 5.41) is 6.76. The number of hydrogen-bond acceptors (Lipinski definition) is 3. The van der Waals surface area contributed by atoms with Crippen molar-refractivity contribution >= 4 is 40.7 Å². The second kappa shape index (κ2) is 11.3. The first-order chi connectivity index (χ1) is 14.5. The highest BCUT2D eigenvalue weighted by Gasteiger charge is 2.25. The lowest BCUT2D eigenvalue weighted by Crippen LogP contribution is -2.43. The van der Waals surface area contributed by atoms with Crippen molar-refractivity contribution in [3.8, 4) is 0 Å². The van der Waals surface area contributed by atoms with Crippen molar-refractivity contribution in [3.63, 3.8) is 0 Å². The highest BCUT2D eigenvalue weighted by Crippen LogP contribution is 2.25. The highest BCUT2D eigenvalue weighted by atomic mass is 35.5. The maximum absolute atomic E-state index is 12.4. The molecule has 0 aliphatic carbocycles. The van der Waals surface area contributed by atoms with Crippen molar-refractivity contribution in [1.29, 1.82) is 0 Å². The van der Waals surface area contributed by atoms with E-state index in [1.165, 1.54) is 5.56 Å². The number of aryl methyl sites for hydroxylation is 1. The number of nitrogens with zero attached hydrogens (tertiary/aromatic N) is 1. The molecule has 1 aliphatic rings. The van der Waals surface area contributed by atoms with Crippen molar-refractivity contribution in [2.75, 3.05) is 31.5 Å². The Kier molecular flexibility index (Phi) is 8.55. The molecule has 0 saturated carbocycles. The Morgan fingerprint density at radius 3 is 2.43 bits per heavy atom. The van der Waals surface area contributed by atoms with Gasteiger partial charge in [-0.2, -0.15) is 0 Å². The summed E-state index contributed by atoms with van der Waals surface area (Å²) in [6.07, 6.45) is 3.44. The minimum Gasteiger partial charge on any atom is -0.356 e. The van der Waals surface area contributed by atoms with Gasteiger partial charge in [0, 0.05) is 18.2 Å². The number of benzene rings is 2. The predicted molar refractivity (Wildman–Crippen MR) is 122 cm³/mol. The van der Waals surface area contributed by atoms with E-state index in [0.717, 1.165) is 38.8 Å². The first-order valence-electron chi connectivity index (χ1n) is 10.3. The summed E-state index contributed by atoms with van der Waals surface area (Å²) >= 11 is 11.9. The van der Waals surface area contributed by atoms with Gasteiger partial charge in [0.05, 0.1) is 16.6 Å². The zero-order valence-electron chi connectivity index (χ0n) is 16.9. The number of carbonyl (C=O) groups is 2. The van der Waals surface area contributed by atoms with Crippen molar-refractivity contribution in [2.45, 2.75) is 25.7 Å². The molecule has 3 rings (SSSR count). The zero-order valence-corrected chi connectivity index (χ0v) is 18.4. The fraction of sp³-hybridized carbons (Fsp3) is 0.391. The quantitative estimate of drug-likeness (QED) is 0.589. The lowest BCUT2D eigenvalue weighted by atomic mass is 9.96. The van der Waals surface area contributed by atoms with E-state index >= 15 is 0 Å². The first-order valence-corrected chi connectivity index (χ1v) is 11.1. The van der Waals surface area contributed by atoms with Gasteiger partial charge in [0.2, 0.25) is 11.8 Å². The van der Waals surface area contributed by atoms with Crippen LogP contribution in [0, 0.1) is 5.92 Å². The second-order valence-corrected chi connectivity index (χ2v) is 8.42. The molecule has 0 aromatic heterocycles. The van der Waals surface area contributed by atoms with Crippen LogP contribution in [0.15, 0.2) is 48.5 Å². The molecular formula is C23H27Cl2N3O2. The van der Waals surface area contributed by atoms with Crippen LogP contribution in [0.3, 0.4) is 0 Å². The van der Waals surface area contributed by atoms with E-state index in [9.17, 15) is 9.59 Å². The average molecular weight is 448 g/mol. The fourth-order valence-electron chi connectivity index (χ4n) is 3.62. The number of nitrogens with one attached hydrogen (secondary N) is 2. The van der Waals surface area contributed by atoms with E-state index in [2.05, 4.69) is 27.7 Å². The summed E-state index contributed by atoms with van der Waals surface area (Å²) in [7, 11) is 0. The van der Waals surface area contributed by atoms with Crippen LogP contribution in [0.1, 0.15) is 24.8 Å². The molecule has 2 N–H and O–H groups in total. The third-order valence-corrected chi connectivity index (χ3v) is 6.05. The molecule has 30 heavy (non-hydrogen) atoms. The number of likely N-dealkylation sites (tertiary alicyclic amines) is 1. The molecule has 0 bridgehead atoms. The Labute approximate surface area is 187 Å². The summed E-state index contributed by atoms with van der Waals surface area (Å²) in [5.74, 6) is 0.0521. The molecule has 1 heterocycles. The second-order valence-electron chi connectivity index (χ2n) is 7.61. The van der Waals surface area contributed by atoms with E-state index in [4.69, 9.17) is 23.2 Å². The average Bonchev–Trinajstić information content (AvgIpc) is 2.75. The predicted octanol–water partition coefficient (Wildman–Crippen LogP) is 4.39. The standard InChI is InChI=1S/C23H27Cl2N3O2/c24-20-9-8-19(15-21(20)25)27-22(29)16-28-13-10-18(11-14-28)23(30)26-12-4-7-17-5-2-1-3-6-17/h1-3,5-6,8-9,15,18H,4,7,10-14,16H2,(H,26,30)(H,27,29). The summed E-state index contributed by atoms with van der Waals surface area (Å²) in [5.41, 5.74) is 1.92. The molecule has 0 unspecified atom stereocenters. The van der Waals surface area contributed by atoms with Gasteiger partial charge in [-0.05, 0) is 62.5 Å². The van der Waals surface area contributed by atoms with Crippen molar-refractivity contribution < 1.29 is 9.59 Å². The monoisotopic (exact) mass is 447 g/mol. The SMILES string of the molecule is O=C(CN1CCC(C(=O)NCCCc2ccccc2)CC1)Nc1ccc(Cl)c(Cl)c1. The Balaban J connectivity index is 1.33. The Morgan fingerprint density at radius 1 is 1.00 bits per heavy atom. The molecule has 7 heteroatoms.